The van der Waals surface area contributed by atoms with Gasteiger partial charge in [0.2, 0.25) is 0 Å². The van der Waals surface area contributed by atoms with Crippen LogP contribution in [0.25, 0.3) is 10.4 Å². The minimum absolute atomic E-state index is 0.00555. The summed E-state index contributed by atoms with van der Waals surface area (Å²) >= 11 is 7.17. The highest BCUT2D eigenvalue weighted by molar-refractivity contribution is 7.18. The van der Waals surface area contributed by atoms with Crippen molar-refractivity contribution in [2.24, 2.45) is 5.92 Å². The maximum Gasteiger partial charge on any atom is 0.348 e. The Balaban J connectivity index is 1.75. The predicted octanol–water partition coefficient (Wildman–Crippen LogP) is 5.08. The van der Waals surface area contributed by atoms with E-state index in [1.165, 1.54) is 17.8 Å². The summed E-state index contributed by atoms with van der Waals surface area (Å²) in [5, 5.41) is 10.4. The van der Waals surface area contributed by atoms with Crippen molar-refractivity contribution in [2.75, 3.05) is 18.1 Å². The Bertz CT molecular complexity index is 873. The molecule has 2 fully saturated rings. The lowest BCUT2D eigenvalue weighted by Crippen LogP contribution is -2.53. The van der Waals surface area contributed by atoms with Crippen LogP contribution in [-0.2, 0) is 9.53 Å². The topological polar surface area (TPSA) is 66.8 Å². The van der Waals surface area contributed by atoms with Crippen LogP contribution in [0.5, 0.6) is 0 Å². The highest BCUT2D eigenvalue weighted by atomic mass is 35.5. The number of halogens is 1. The number of aromatic carboxylic acids is 1. The largest absolute Gasteiger partial charge is 0.477 e. The number of carbonyl (C=O) groups excluding carboxylic acids is 1. The Morgan fingerprint density at radius 3 is 2.57 bits per heavy atom. The third-order valence-corrected chi connectivity index (χ3v) is 7.02. The predicted molar refractivity (Wildman–Crippen MR) is 110 cm³/mol. The summed E-state index contributed by atoms with van der Waals surface area (Å²) in [6.45, 7) is 0.454. The van der Waals surface area contributed by atoms with Crippen LogP contribution >= 0.6 is 22.9 Å². The zero-order chi connectivity index (χ0) is 19.7. The lowest BCUT2D eigenvalue weighted by atomic mass is 9.83. The maximum atomic E-state index is 12.8. The molecule has 1 aromatic carbocycles. The molecule has 1 amide bonds. The molecule has 1 N–H and O–H groups in total. The second kappa shape index (κ2) is 8.23. The van der Waals surface area contributed by atoms with Crippen molar-refractivity contribution in [1.82, 2.24) is 0 Å². The third kappa shape index (κ3) is 3.81. The minimum atomic E-state index is -1.01. The number of carboxylic acid groups (broad SMARTS) is 1. The molecule has 2 aliphatic rings. The van der Waals surface area contributed by atoms with Crippen molar-refractivity contribution in [3.05, 3.63) is 40.2 Å². The number of hydrogen-bond acceptors (Lipinski definition) is 4. The van der Waals surface area contributed by atoms with Gasteiger partial charge in [0.05, 0.1) is 18.3 Å². The van der Waals surface area contributed by atoms with E-state index in [9.17, 15) is 14.7 Å². The highest BCUT2D eigenvalue weighted by Gasteiger charge is 2.38. The van der Waals surface area contributed by atoms with E-state index in [-0.39, 0.29) is 23.4 Å². The van der Waals surface area contributed by atoms with Gasteiger partial charge in [-0.25, -0.2) is 4.79 Å². The number of hydrogen-bond donors (Lipinski definition) is 1. The maximum absolute atomic E-state index is 12.8. The first-order chi connectivity index (χ1) is 13.5. The second-order valence-electron chi connectivity index (χ2n) is 7.38. The van der Waals surface area contributed by atoms with E-state index < -0.39 is 5.97 Å². The van der Waals surface area contributed by atoms with Crippen molar-refractivity contribution in [1.29, 1.82) is 0 Å². The summed E-state index contributed by atoms with van der Waals surface area (Å²) in [4.78, 5) is 27.5. The molecule has 1 aliphatic carbocycles. The van der Waals surface area contributed by atoms with Gasteiger partial charge < -0.3 is 14.7 Å². The van der Waals surface area contributed by atoms with Crippen LogP contribution in [-0.4, -0.2) is 36.2 Å². The van der Waals surface area contributed by atoms with Gasteiger partial charge in [-0.05, 0) is 42.5 Å². The number of benzene rings is 1. The molecule has 1 unspecified atom stereocenters. The summed E-state index contributed by atoms with van der Waals surface area (Å²) < 4.78 is 5.55. The number of morpholine rings is 1. The van der Waals surface area contributed by atoms with Crippen molar-refractivity contribution in [3.63, 3.8) is 0 Å². The lowest BCUT2D eigenvalue weighted by Gasteiger charge is -2.41. The Hall–Kier alpha value is -1.89. The fourth-order valence-electron chi connectivity index (χ4n) is 4.24. The summed E-state index contributed by atoms with van der Waals surface area (Å²) in [5.41, 5.74) is 1.38. The van der Waals surface area contributed by atoms with E-state index in [0.717, 1.165) is 36.1 Å². The van der Waals surface area contributed by atoms with Gasteiger partial charge >= 0.3 is 5.97 Å². The molecule has 0 bridgehead atoms. The molecule has 1 saturated carbocycles. The fourth-order valence-corrected chi connectivity index (χ4v) is 5.36. The van der Waals surface area contributed by atoms with Gasteiger partial charge in [0.1, 0.15) is 11.5 Å². The van der Waals surface area contributed by atoms with Crippen LogP contribution in [0.4, 0.5) is 5.69 Å². The molecule has 1 atom stereocenters. The number of carbonyl (C=O) groups is 2. The average Bonchev–Trinajstić information content (AvgIpc) is 3.14. The molecule has 148 valence electrons. The summed E-state index contributed by atoms with van der Waals surface area (Å²) in [5.74, 6) is -0.829. The first-order valence-electron chi connectivity index (χ1n) is 9.57. The van der Waals surface area contributed by atoms with Crippen molar-refractivity contribution < 1.29 is 19.4 Å². The number of rotatable bonds is 4. The molecule has 4 rings (SSSR count). The number of nitrogens with zero attached hydrogens (tertiary/aromatic N) is 1. The van der Waals surface area contributed by atoms with Crippen LogP contribution in [0, 0.1) is 5.92 Å². The summed E-state index contributed by atoms with van der Waals surface area (Å²) in [6, 6.07) is 9.01. The number of anilines is 1. The van der Waals surface area contributed by atoms with Crippen molar-refractivity contribution in [2.45, 2.75) is 38.1 Å². The van der Waals surface area contributed by atoms with Crippen LogP contribution in [0.2, 0.25) is 5.02 Å². The lowest BCUT2D eigenvalue weighted by molar-refractivity contribution is -0.128. The molecule has 1 saturated heterocycles. The van der Waals surface area contributed by atoms with Gasteiger partial charge in [0.25, 0.3) is 5.91 Å². The Morgan fingerprint density at radius 2 is 1.89 bits per heavy atom. The van der Waals surface area contributed by atoms with Gasteiger partial charge in [-0.3, -0.25) is 4.79 Å². The first-order valence-corrected chi connectivity index (χ1v) is 10.8. The van der Waals surface area contributed by atoms with Gasteiger partial charge in [-0.15, -0.1) is 11.3 Å². The van der Waals surface area contributed by atoms with E-state index in [2.05, 4.69) is 0 Å². The SMILES string of the molecule is O=C(O)c1sc(-c2ccc(Cl)cc2)cc1N1C(=O)COCC1C1CCCCC1. The van der Waals surface area contributed by atoms with Crippen LogP contribution in [0.3, 0.4) is 0 Å². The molecule has 0 radical (unpaired) electrons. The third-order valence-electron chi connectivity index (χ3n) is 5.60. The molecule has 0 spiro atoms. The quantitative estimate of drug-likeness (QED) is 0.750. The van der Waals surface area contributed by atoms with Crippen LogP contribution in [0.1, 0.15) is 41.8 Å². The standard InChI is InChI=1S/C21H22ClNO4S/c22-15-8-6-14(7-9-15)18-10-16(20(28-18)21(25)26)23-17(11-27-12-19(23)24)13-4-2-1-3-5-13/h6-10,13,17H,1-5,11-12H2,(H,25,26). The van der Waals surface area contributed by atoms with E-state index in [1.807, 2.05) is 18.2 Å². The normalized spacial score (nSPS) is 21.1. The van der Waals surface area contributed by atoms with Crippen LogP contribution < -0.4 is 4.90 Å². The summed E-state index contributed by atoms with van der Waals surface area (Å²) in [7, 11) is 0. The van der Waals surface area contributed by atoms with Crippen LogP contribution in [0.15, 0.2) is 30.3 Å². The fraction of sp³-hybridized carbons (Fsp3) is 0.429. The number of thiophene rings is 1. The molecule has 7 heteroatoms. The number of carboxylic acids is 1. The van der Waals surface area contributed by atoms with Gasteiger partial charge in [0.15, 0.2) is 0 Å². The van der Waals surface area contributed by atoms with E-state index >= 15 is 0 Å². The Morgan fingerprint density at radius 1 is 1.18 bits per heavy atom. The van der Waals surface area contributed by atoms with E-state index in [1.54, 1.807) is 17.0 Å². The first kappa shape index (κ1) is 19.4. The molecule has 5 nitrogen and oxygen atoms in total. The minimum Gasteiger partial charge on any atom is -0.477 e. The van der Waals surface area contributed by atoms with Crippen molar-refractivity contribution >= 4 is 40.5 Å². The molecule has 1 aliphatic heterocycles. The zero-order valence-electron chi connectivity index (χ0n) is 15.4. The molecular formula is C21H22ClNO4S. The van der Waals surface area contributed by atoms with Gasteiger partial charge in [0, 0.05) is 9.90 Å². The van der Waals surface area contributed by atoms with Gasteiger partial charge in [-0.2, -0.15) is 0 Å². The highest BCUT2D eigenvalue weighted by Crippen LogP contribution is 2.41. The number of ether oxygens (including phenoxy) is 1. The van der Waals surface area contributed by atoms with E-state index in [4.69, 9.17) is 16.3 Å². The average molecular weight is 420 g/mol. The Labute approximate surface area is 172 Å². The second-order valence-corrected chi connectivity index (χ2v) is 8.87. The number of amides is 1. The Kier molecular flexibility index (Phi) is 5.71. The molecule has 2 aromatic rings. The molecule has 2 heterocycles. The zero-order valence-corrected chi connectivity index (χ0v) is 17.0. The summed E-state index contributed by atoms with van der Waals surface area (Å²) in [6.07, 6.45) is 5.61. The van der Waals surface area contributed by atoms with E-state index in [0.29, 0.717) is 23.2 Å². The monoisotopic (exact) mass is 419 g/mol. The molecule has 1 aromatic heterocycles. The molecular weight excluding hydrogens is 398 g/mol. The van der Waals surface area contributed by atoms with Crippen molar-refractivity contribution in [3.8, 4) is 10.4 Å². The molecule has 28 heavy (non-hydrogen) atoms. The van der Waals surface area contributed by atoms with Gasteiger partial charge in [-0.1, -0.05) is 43.0 Å². The smallest absolute Gasteiger partial charge is 0.348 e.